The number of methoxy groups -OCH3 is 1. The Morgan fingerprint density at radius 2 is 1.85 bits per heavy atom. The summed E-state index contributed by atoms with van der Waals surface area (Å²) in [6.45, 7) is 5.99. The molecule has 0 saturated heterocycles. The van der Waals surface area contributed by atoms with Crippen molar-refractivity contribution in [3.63, 3.8) is 0 Å². The lowest BCUT2D eigenvalue weighted by atomic mass is 9.95. The highest BCUT2D eigenvalue weighted by atomic mass is 35.5. The summed E-state index contributed by atoms with van der Waals surface area (Å²) in [7, 11) is 1.57. The Balaban J connectivity index is 1.64. The van der Waals surface area contributed by atoms with Crippen LogP contribution >= 0.6 is 22.9 Å². The van der Waals surface area contributed by atoms with E-state index in [1.54, 1.807) is 43.7 Å². The molecule has 1 aliphatic rings. The minimum Gasteiger partial charge on any atom is -0.493 e. The standard InChI is InChI=1S/C32H29ClN2O5S/c1-5-39-31(37)27-20(3)34-32-35(28(27)22-14-12-19(2)13-15-22)30(36)26(41-32)17-23-9-7-11-25(38-4)29(23)40-18-21-8-6-10-24(33)16-21/h6-17,28H,5,18H2,1-4H3/b26-17-/t28-/m1/s1. The van der Waals surface area contributed by atoms with Crippen LogP contribution in [-0.2, 0) is 16.1 Å². The third kappa shape index (κ3) is 5.85. The molecule has 7 nitrogen and oxygen atoms in total. The van der Waals surface area contributed by atoms with Gasteiger partial charge in [0.25, 0.3) is 5.56 Å². The fraction of sp³-hybridized carbons (Fsp3) is 0.219. The van der Waals surface area contributed by atoms with Crippen LogP contribution in [0.3, 0.4) is 0 Å². The van der Waals surface area contributed by atoms with Gasteiger partial charge in [0.05, 0.1) is 35.6 Å². The molecule has 5 rings (SSSR count). The Kier molecular flexibility index (Phi) is 8.42. The van der Waals surface area contributed by atoms with Gasteiger partial charge in [0.1, 0.15) is 6.61 Å². The van der Waals surface area contributed by atoms with Crippen molar-refractivity contribution in [2.75, 3.05) is 13.7 Å². The number of esters is 1. The van der Waals surface area contributed by atoms with Gasteiger partial charge in [-0.3, -0.25) is 9.36 Å². The zero-order chi connectivity index (χ0) is 29.1. The molecular weight excluding hydrogens is 560 g/mol. The van der Waals surface area contributed by atoms with Crippen molar-refractivity contribution in [1.29, 1.82) is 0 Å². The lowest BCUT2D eigenvalue weighted by Gasteiger charge is -2.24. The number of thiazole rings is 1. The summed E-state index contributed by atoms with van der Waals surface area (Å²) in [6, 6.07) is 20.0. The third-order valence-electron chi connectivity index (χ3n) is 6.70. The summed E-state index contributed by atoms with van der Waals surface area (Å²) in [5.41, 5.74) is 4.04. The van der Waals surface area contributed by atoms with Crippen LogP contribution < -0.4 is 24.4 Å². The number of fused-ring (bicyclic) bond motifs is 1. The van der Waals surface area contributed by atoms with Crippen LogP contribution in [0.4, 0.5) is 0 Å². The van der Waals surface area contributed by atoms with Gasteiger partial charge in [-0.25, -0.2) is 9.79 Å². The number of ether oxygens (including phenoxy) is 3. The van der Waals surface area contributed by atoms with Crippen LogP contribution in [0.25, 0.3) is 6.08 Å². The average Bonchev–Trinajstić information content (AvgIpc) is 3.26. The molecule has 1 aliphatic heterocycles. The summed E-state index contributed by atoms with van der Waals surface area (Å²) in [4.78, 5) is 32.3. The van der Waals surface area contributed by atoms with Crippen molar-refractivity contribution in [1.82, 2.24) is 4.57 Å². The molecule has 0 aliphatic carbocycles. The van der Waals surface area contributed by atoms with Crippen molar-refractivity contribution in [3.05, 3.63) is 125 Å². The van der Waals surface area contributed by atoms with E-state index in [9.17, 15) is 9.59 Å². The van der Waals surface area contributed by atoms with Gasteiger partial charge in [-0.2, -0.15) is 0 Å². The van der Waals surface area contributed by atoms with Gasteiger partial charge < -0.3 is 14.2 Å². The largest absolute Gasteiger partial charge is 0.493 e. The minimum atomic E-state index is -0.670. The molecule has 0 N–H and O–H groups in total. The molecule has 0 radical (unpaired) electrons. The monoisotopic (exact) mass is 588 g/mol. The number of aryl methyl sites for hydroxylation is 1. The summed E-state index contributed by atoms with van der Waals surface area (Å²) in [6.07, 6.45) is 1.77. The number of hydrogen-bond donors (Lipinski definition) is 0. The number of benzene rings is 3. The Morgan fingerprint density at radius 3 is 2.56 bits per heavy atom. The summed E-state index contributed by atoms with van der Waals surface area (Å²) in [5, 5.41) is 0.619. The molecule has 1 aromatic heterocycles. The number of halogens is 1. The van der Waals surface area contributed by atoms with Gasteiger partial charge in [-0.05, 0) is 56.2 Å². The second kappa shape index (κ2) is 12.2. The van der Waals surface area contributed by atoms with Crippen LogP contribution in [0, 0.1) is 6.92 Å². The first kappa shape index (κ1) is 28.4. The molecule has 3 aromatic carbocycles. The van der Waals surface area contributed by atoms with Crippen molar-refractivity contribution in [2.45, 2.75) is 33.4 Å². The van der Waals surface area contributed by atoms with Gasteiger partial charge in [0.15, 0.2) is 16.3 Å². The SMILES string of the molecule is CCOC(=O)C1=C(C)N=c2s/c(=C\c3cccc(OC)c3OCc3cccc(Cl)c3)c(=O)n2[C@@H]1c1ccc(C)cc1. The first-order chi connectivity index (χ1) is 19.8. The van der Waals surface area contributed by atoms with Crippen LogP contribution in [-0.4, -0.2) is 24.3 Å². The molecule has 9 heteroatoms. The molecule has 0 saturated carbocycles. The lowest BCUT2D eigenvalue weighted by Crippen LogP contribution is -2.39. The molecule has 2 heterocycles. The van der Waals surface area contributed by atoms with Crippen molar-refractivity contribution in [2.24, 2.45) is 4.99 Å². The minimum absolute atomic E-state index is 0.217. The fourth-order valence-electron chi connectivity index (χ4n) is 4.74. The van der Waals surface area contributed by atoms with Crippen LogP contribution in [0.1, 0.15) is 42.1 Å². The van der Waals surface area contributed by atoms with E-state index >= 15 is 0 Å². The predicted octanol–water partition coefficient (Wildman–Crippen LogP) is 5.35. The Hall–Kier alpha value is -4.14. The Labute approximate surface area is 246 Å². The van der Waals surface area contributed by atoms with Crippen LogP contribution in [0.2, 0.25) is 5.02 Å². The maximum Gasteiger partial charge on any atom is 0.338 e. The molecule has 0 fully saturated rings. The van der Waals surface area contributed by atoms with E-state index in [1.165, 1.54) is 11.3 Å². The molecule has 1 atom stereocenters. The number of rotatable bonds is 8. The van der Waals surface area contributed by atoms with Gasteiger partial charge in [0.2, 0.25) is 0 Å². The highest BCUT2D eigenvalue weighted by Gasteiger charge is 2.33. The Bertz CT molecular complexity index is 1820. The quantitative estimate of drug-likeness (QED) is 0.259. The zero-order valence-corrected chi connectivity index (χ0v) is 24.7. The first-order valence-electron chi connectivity index (χ1n) is 13.1. The molecule has 41 heavy (non-hydrogen) atoms. The zero-order valence-electron chi connectivity index (χ0n) is 23.1. The van der Waals surface area contributed by atoms with E-state index in [4.69, 9.17) is 25.8 Å². The molecule has 210 valence electrons. The molecular formula is C32H29ClN2O5S. The molecule has 4 aromatic rings. The lowest BCUT2D eigenvalue weighted by molar-refractivity contribution is -0.139. The van der Waals surface area contributed by atoms with E-state index in [0.29, 0.717) is 42.7 Å². The summed E-state index contributed by atoms with van der Waals surface area (Å²) in [5.74, 6) is 0.545. The van der Waals surface area contributed by atoms with Gasteiger partial charge in [-0.15, -0.1) is 0 Å². The van der Waals surface area contributed by atoms with E-state index in [-0.39, 0.29) is 18.8 Å². The topological polar surface area (TPSA) is 79.1 Å². The number of allylic oxidation sites excluding steroid dienone is 1. The average molecular weight is 589 g/mol. The fourth-order valence-corrected chi connectivity index (χ4v) is 5.99. The third-order valence-corrected chi connectivity index (χ3v) is 7.92. The van der Waals surface area contributed by atoms with Crippen LogP contribution in [0.15, 0.2) is 87.8 Å². The first-order valence-corrected chi connectivity index (χ1v) is 14.3. The van der Waals surface area contributed by atoms with E-state index in [2.05, 4.69) is 4.99 Å². The summed E-state index contributed by atoms with van der Waals surface area (Å²) >= 11 is 7.40. The summed E-state index contributed by atoms with van der Waals surface area (Å²) < 4.78 is 19.2. The molecule has 0 spiro atoms. The van der Waals surface area contributed by atoms with E-state index < -0.39 is 12.0 Å². The predicted molar refractivity (Wildman–Crippen MR) is 160 cm³/mol. The number of carbonyl (C=O) groups is 1. The van der Waals surface area contributed by atoms with Crippen molar-refractivity contribution >= 4 is 35.0 Å². The van der Waals surface area contributed by atoms with E-state index in [0.717, 1.165) is 16.7 Å². The molecule has 0 amide bonds. The molecule has 0 bridgehead atoms. The number of carbonyl (C=O) groups excluding carboxylic acids is 1. The highest BCUT2D eigenvalue weighted by Crippen LogP contribution is 2.33. The smallest absolute Gasteiger partial charge is 0.338 e. The normalized spacial score (nSPS) is 14.9. The van der Waals surface area contributed by atoms with Gasteiger partial charge >= 0.3 is 5.97 Å². The maximum absolute atomic E-state index is 14.0. The van der Waals surface area contributed by atoms with Gasteiger partial charge in [-0.1, -0.05) is 77.0 Å². The second-order valence-electron chi connectivity index (χ2n) is 9.51. The number of hydrogen-bond acceptors (Lipinski definition) is 7. The van der Waals surface area contributed by atoms with Crippen molar-refractivity contribution < 1.29 is 19.0 Å². The van der Waals surface area contributed by atoms with Crippen LogP contribution in [0.5, 0.6) is 11.5 Å². The van der Waals surface area contributed by atoms with Gasteiger partial charge in [0, 0.05) is 10.6 Å². The Morgan fingerprint density at radius 1 is 1.10 bits per heavy atom. The number of nitrogens with zero attached hydrogens (tertiary/aromatic N) is 2. The highest BCUT2D eigenvalue weighted by molar-refractivity contribution is 7.07. The second-order valence-corrected chi connectivity index (χ2v) is 11.0. The number of aromatic nitrogens is 1. The molecule has 0 unspecified atom stereocenters. The number of para-hydroxylation sites is 1. The van der Waals surface area contributed by atoms with Crippen molar-refractivity contribution in [3.8, 4) is 11.5 Å². The van der Waals surface area contributed by atoms with E-state index in [1.807, 2.05) is 61.5 Å². The maximum atomic E-state index is 14.0.